The highest BCUT2D eigenvalue weighted by Gasteiger charge is 2.56. The lowest BCUT2D eigenvalue weighted by Crippen LogP contribution is -2.70. The van der Waals surface area contributed by atoms with Gasteiger partial charge in [0.15, 0.2) is 12.3 Å². The van der Waals surface area contributed by atoms with E-state index in [0.29, 0.717) is 36.5 Å². The molecule has 1 saturated carbocycles. The van der Waals surface area contributed by atoms with Crippen molar-refractivity contribution in [2.45, 2.75) is 172 Å². The van der Waals surface area contributed by atoms with Gasteiger partial charge in [-0.15, -0.1) is 0 Å². The molecule has 7 N–H and O–H groups in total. The van der Waals surface area contributed by atoms with Crippen LogP contribution in [0.3, 0.4) is 0 Å². The van der Waals surface area contributed by atoms with Gasteiger partial charge >= 0.3 is 18.3 Å². The number of ether oxygens (including phenoxy) is 7. The predicted octanol–water partition coefficient (Wildman–Crippen LogP) is 3.00. The van der Waals surface area contributed by atoms with Gasteiger partial charge < -0.3 is 79.5 Å². The van der Waals surface area contributed by atoms with Crippen molar-refractivity contribution in [1.29, 1.82) is 0 Å². The summed E-state index contributed by atoms with van der Waals surface area (Å²) >= 11 is 0. The van der Waals surface area contributed by atoms with Gasteiger partial charge in [0, 0.05) is 30.4 Å². The molecule has 4 aliphatic rings. The third kappa shape index (κ3) is 15.1. The highest BCUT2D eigenvalue weighted by Crippen LogP contribution is 2.36. The number of hydrogen-bond donors (Lipinski definition) is 7. The lowest BCUT2D eigenvalue weighted by Gasteiger charge is -2.50. The number of aliphatic hydroxyl groups excluding tert-OH is 2. The molecule has 1 saturated heterocycles. The van der Waals surface area contributed by atoms with E-state index < -0.39 is 121 Å². The monoisotopic (exact) mass is 1000 g/mol. The number of benzene rings is 1. The van der Waals surface area contributed by atoms with E-state index in [9.17, 15) is 44.2 Å². The van der Waals surface area contributed by atoms with E-state index in [1.807, 2.05) is 12.1 Å². The molecule has 1 aliphatic carbocycles. The summed E-state index contributed by atoms with van der Waals surface area (Å²) in [6.45, 7) is 19.9. The quantitative estimate of drug-likeness (QED) is 0.0712. The van der Waals surface area contributed by atoms with Gasteiger partial charge in [-0.25, -0.2) is 14.4 Å². The van der Waals surface area contributed by atoms with Gasteiger partial charge in [-0.3, -0.25) is 9.59 Å². The highest BCUT2D eigenvalue weighted by atomic mass is 16.7. The molecule has 23 nitrogen and oxygen atoms in total. The summed E-state index contributed by atoms with van der Waals surface area (Å²) < 4.78 is 41.9. The van der Waals surface area contributed by atoms with Gasteiger partial charge in [-0.1, -0.05) is 30.0 Å². The number of nitrogens with zero attached hydrogens (tertiary/aromatic N) is 3. The number of amides is 5. The summed E-state index contributed by atoms with van der Waals surface area (Å²) in [6, 6.07) is 0.788. The standard InChI is InChI=1S/C48H73N7O16/c1-26-28-16-13-14-17-29(28)39(59)55(26)21-15-20-49-23-27-18-19-30(51-42(60)69-45(2,3)4)40(66-27)67-37-32(52-43(61)70-46(5,6)7)22-31(50-33(57)24-56)36(35(37)58)68-41-34(53-64)38(48(11,63)25-65-41)54(12)44(62)71-47(8,9)10/h13-14,16-18,30-32,34-38,40-41,49,56,58,63H,1,15,19-25H2,2-12H3,(H,50,57)(H,51,60)(H,52,61)/t30-,31?,32?,34?,35-,36+,37-,38-,40-,41?,48+/m1/s1. The normalized spacial score (nSPS) is 28.9. The Morgan fingerprint density at radius 2 is 1.45 bits per heavy atom. The average Bonchev–Trinajstić information content (AvgIpc) is 3.49. The van der Waals surface area contributed by atoms with Crippen molar-refractivity contribution >= 4 is 35.8 Å². The van der Waals surface area contributed by atoms with Crippen LogP contribution in [0.1, 0.15) is 104 Å². The van der Waals surface area contributed by atoms with Gasteiger partial charge in [0.25, 0.3) is 5.91 Å². The Hall–Kier alpha value is -5.43. The molecular formula is C48H73N7O16. The Morgan fingerprint density at radius 3 is 2.01 bits per heavy atom. The van der Waals surface area contributed by atoms with Crippen LogP contribution < -0.4 is 21.3 Å². The minimum atomic E-state index is -1.88. The maximum atomic E-state index is 13.5. The first kappa shape index (κ1) is 56.5. The molecule has 3 heterocycles. The molecule has 5 amide bonds. The average molecular weight is 1000 g/mol. The molecule has 3 aliphatic heterocycles. The van der Waals surface area contributed by atoms with Crippen LogP contribution in [0, 0.1) is 4.91 Å². The van der Waals surface area contributed by atoms with Crippen LogP contribution in [-0.2, 0) is 38.0 Å². The van der Waals surface area contributed by atoms with Gasteiger partial charge in [0.2, 0.25) is 12.2 Å². The van der Waals surface area contributed by atoms with E-state index in [-0.39, 0.29) is 25.3 Å². The van der Waals surface area contributed by atoms with Crippen molar-refractivity contribution < 1.29 is 72.5 Å². The fraction of sp³-hybridized carbons (Fsp3) is 0.688. The fourth-order valence-corrected chi connectivity index (χ4v) is 8.75. The van der Waals surface area contributed by atoms with Gasteiger partial charge in [-0.2, -0.15) is 4.91 Å². The summed E-state index contributed by atoms with van der Waals surface area (Å²) in [4.78, 5) is 81.4. The largest absolute Gasteiger partial charge is 0.466 e. The second-order valence-corrected chi connectivity index (χ2v) is 21.3. The number of rotatable bonds is 16. The smallest absolute Gasteiger partial charge is 0.410 e. The number of fused-ring (bicyclic) bond motifs is 1. The summed E-state index contributed by atoms with van der Waals surface area (Å²) in [6.07, 6.45) is -8.49. The second kappa shape index (κ2) is 23.0. The molecule has 23 heteroatoms. The SMILES string of the molecule is C=C1c2ccccc2C(=O)N1CCCNCC1=CC[C@@H](NC(=O)OC(C)(C)C)[C@@H](O[C@@H]2C(NC(=O)OC(C)(C)C)CC(NC(=O)CO)[C@H](OC3OC[C@](C)(O)[C@H](N(C)C(=O)OC(C)(C)C)C3N=O)[C@H]2O)O1. The van der Waals surface area contributed by atoms with Crippen molar-refractivity contribution in [1.82, 2.24) is 31.1 Å². The number of nitroso groups, excluding NO2 is 1. The molecule has 0 bridgehead atoms. The predicted molar refractivity (Wildman–Crippen MR) is 255 cm³/mol. The minimum Gasteiger partial charge on any atom is -0.466 e. The Labute approximate surface area is 414 Å². The van der Waals surface area contributed by atoms with Crippen molar-refractivity contribution in [2.24, 2.45) is 5.18 Å². The number of carbonyl (C=O) groups excluding carboxylic acids is 5. The first-order valence-electron chi connectivity index (χ1n) is 23.7. The van der Waals surface area contributed by atoms with Crippen LogP contribution in [-0.4, -0.2) is 179 Å². The molecule has 1 aromatic rings. The number of likely N-dealkylation sites (N-methyl/N-ethyl adjacent to an activating group) is 1. The molecule has 396 valence electrons. The fourth-order valence-electron chi connectivity index (χ4n) is 8.75. The zero-order valence-electron chi connectivity index (χ0n) is 42.5. The summed E-state index contributed by atoms with van der Waals surface area (Å²) in [5.74, 6) is -0.633. The number of nitrogens with one attached hydrogen (secondary N) is 4. The molecule has 0 spiro atoms. The molecule has 2 fully saturated rings. The molecule has 11 atom stereocenters. The van der Waals surface area contributed by atoms with Crippen molar-refractivity contribution in [3.8, 4) is 0 Å². The summed E-state index contributed by atoms with van der Waals surface area (Å²) in [5, 5.41) is 48.4. The first-order chi connectivity index (χ1) is 33.0. The Bertz CT molecular complexity index is 2100. The first-order valence-corrected chi connectivity index (χ1v) is 23.7. The number of aliphatic hydroxyl groups is 3. The van der Waals surface area contributed by atoms with Crippen LogP contribution in [0.15, 0.2) is 47.9 Å². The second-order valence-electron chi connectivity index (χ2n) is 21.3. The Kier molecular flexibility index (Phi) is 18.3. The molecular weight excluding hydrogens is 931 g/mol. The molecule has 0 aromatic heterocycles. The maximum absolute atomic E-state index is 13.5. The zero-order valence-corrected chi connectivity index (χ0v) is 42.5. The lowest BCUT2D eigenvalue weighted by atomic mass is 9.82. The van der Waals surface area contributed by atoms with E-state index >= 15 is 0 Å². The highest BCUT2D eigenvalue weighted by molar-refractivity contribution is 6.08. The molecule has 5 rings (SSSR count). The maximum Gasteiger partial charge on any atom is 0.410 e. The van der Waals surface area contributed by atoms with Gasteiger partial charge in [0.05, 0.1) is 37.3 Å². The van der Waals surface area contributed by atoms with Crippen LogP contribution in [0.25, 0.3) is 5.70 Å². The third-order valence-corrected chi connectivity index (χ3v) is 11.7. The molecule has 1 aromatic carbocycles. The molecule has 71 heavy (non-hydrogen) atoms. The minimum absolute atomic E-state index is 0.124. The summed E-state index contributed by atoms with van der Waals surface area (Å²) in [7, 11) is 1.31. The number of hydrogen-bond acceptors (Lipinski definition) is 18. The van der Waals surface area contributed by atoms with Crippen molar-refractivity contribution in [3.63, 3.8) is 0 Å². The van der Waals surface area contributed by atoms with Crippen LogP contribution in [0.5, 0.6) is 0 Å². The number of alkyl carbamates (subject to hydrolysis) is 2. The van der Waals surface area contributed by atoms with Crippen molar-refractivity contribution in [3.05, 3.63) is 58.7 Å². The van der Waals surface area contributed by atoms with E-state index in [2.05, 4.69) is 33.0 Å². The van der Waals surface area contributed by atoms with Gasteiger partial charge in [-0.05, 0) is 107 Å². The number of carbonyl (C=O) groups is 5. The third-order valence-electron chi connectivity index (χ3n) is 11.7. The molecule has 0 radical (unpaired) electrons. The van der Waals surface area contributed by atoms with E-state index in [0.717, 1.165) is 10.5 Å². The molecule has 4 unspecified atom stereocenters. The van der Waals surface area contributed by atoms with Crippen molar-refractivity contribution in [2.75, 3.05) is 39.9 Å². The Morgan fingerprint density at radius 1 is 0.887 bits per heavy atom. The Balaban J connectivity index is 1.43. The van der Waals surface area contributed by atoms with E-state index in [1.165, 1.54) is 14.0 Å². The summed E-state index contributed by atoms with van der Waals surface area (Å²) in [5.41, 5.74) is -2.69. The lowest BCUT2D eigenvalue weighted by molar-refractivity contribution is -0.286. The van der Waals surface area contributed by atoms with Crippen LogP contribution >= 0.6 is 0 Å². The zero-order chi connectivity index (χ0) is 52.8. The topological polar surface area (TPSA) is 295 Å². The van der Waals surface area contributed by atoms with E-state index in [4.69, 9.17) is 33.2 Å². The van der Waals surface area contributed by atoms with Gasteiger partial charge in [0.1, 0.15) is 53.1 Å². The van der Waals surface area contributed by atoms with E-state index in [1.54, 1.807) is 85.4 Å². The van der Waals surface area contributed by atoms with Crippen LogP contribution in [0.4, 0.5) is 14.4 Å². The van der Waals surface area contributed by atoms with Crippen LogP contribution in [0.2, 0.25) is 0 Å².